The lowest BCUT2D eigenvalue weighted by Crippen LogP contribution is -2.45. The van der Waals surface area contributed by atoms with Crippen LogP contribution >= 0.6 is 22.9 Å². The van der Waals surface area contributed by atoms with E-state index in [0.29, 0.717) is 25.6 Å². The quantitative estimate of drug-likeness (QED) is 0.589. The van der Waals surface area contributed by atoms with Gasteiger partial charge in [-0.3, -0.25) is 9.59 Å². The maximum absolute atomic E-state index is 13.1. The Hall–Kier alpha value is -1.85. The molecule has 27 heavy (non-hydrogen) atoms. The molecular weight excluding hydrogens is 380 g/mol. The average Bonchev–Trinajstić information content (AvgIpc) is 3.33. The van der Waals surface area contributed by atoms with Gasteiger partial charge in [0.25, 0.3) is 0 Å². The molecule has 1 aliphatic rings. The van der Waals surface area contributed by atoms with Gasteiger partial charge in [-0.1, -0.05) is 36.4 Å². The zero-order valence-corrected chi connectivity index (χ0v) is 17.1. The molecule has 0 radical (unpaired) electrons. The largest absolute Gasteiger partial charge is 0.332 e. The lowest BCUT2D eigenvalue weighted by Gasteiger charge is -2.28. The van der Waals surface area contributed by atoms with Gasteiger partial charge in [-0.2, -0.15) is 0 Å². The first-order chi connectivity index (χ1) is 13.0. The molecule has 3 rings (SSSR count). The van der Waals surface area contributed by atoms with Crippen LogP contribution < -0.4 is 0 Å². The van der Waals surface area contributed by atoms with Crippen molar-refractivity contribution in [3.8, 4) is 0 Å². The minimum atomic E-state index is -0.614. The summed E-state index contributed by atoms with van der Waals surface area (Å²) in [5.74, 6) is 0.309. The fourth-order valence-electron chi connectivity index (χ4n) is 2.99. The Morgan fingerprint density at radius 1 is 1.11 bits per heavy atom. The van der Waals surface area contributed by atoms with Crippen LogP contribution in [0.5, 0.6) is 0 Å². The smallest absolute Gasteiger partial charge is 0.242 e. The van der Waals surface area contributed by atoms with Gasteiger partial charge in [0.1, 0.15) is 5.38 Å². The molecule has 1 aromatic heterocycles. The van der Waals surface area contributed by atoms with E-state index in [4.69, 9.17) is 11.6 Å². The standard InChI is InChI=1S/C21H25ClN2O2S/c1-16(22)21(26)24(13-18-9-10-18)15-20(25)23(14-19-8-5-11-27-19)12-17-6-3-2-4-7-17/h2-8,11,16,18H,9-10,12-15H2,1H3/t16-/m0/s1. The molecule has 1 aliphatic carbocycles. The van der Waals surface area contributed by atoms with E-state index < -0.39 is 5.38 Å². The van der Waals surface area contributed by atoms with Crippen molar-refractivity contribution >= 4 is 34.8 Å². The monoisotopic (exact) mass is 404 g/mol. The number of carbonyl (C=O) groups excluding carboxylic acids is 2. The van der Waals surface area contributed by atoms with Crippen molar-refractivity contribution in [2.24, 2.45) is 5.92 Å². The Morgan fingerprint density at radius 3 is 2.44 bits per heavy atom. The van der Waals surface area contributed by atoms with Crippen LogP contribution in [0.25, 0.3) is 0 Å². The zero-order chi connectivity index (χ0) is 19.2. The Bertz CT molecular complexity index is 745. The number of hydrogen-bond donors (Lipinski definition) is 0. The Balaban J connectivity index is 1.72. The minimum Gasteiger partial charge on any atom is -0.332 e. The number of benzene rings is 1. The highest BCUT2D eigenvalue weighted by molar-refractivity contribution is 7.09. The molecule has 1 aromatic carbocycles. The number of nitrogens with zero attached hydrogens (tertiary/aromatic N) is 2. The molecule has 4 nitrogen and oxygen atoms in total. The highest BCUT2D eigenvalue weighted by Gasteiger charge is 2.30. The normalized spacial score (nSPS) is 14.6. The predicted octanol–water partition coefficient (Wildman–Crippen LogP) is 4.14. The van der Waals surface area contributed by atoms with Crippen molar-refractivity contribution in [2.75, 3.05) is 13.1 Å². The van der Waals surface area contributed by atoms with Crippen LogP contribution in [0.2, 0.25) is 0 Å². The summed E-state index contributed by atoms with van der Waals surface area (Å²) in [5, 5.41) is 1.40. The Morgan fingerprint density at radius 2 is 1.85 bits per heavy atom. The molecule has 0 N–H and O–H groups in total. The summed E-state index contributed by atoms with van der Waals surface area (Å²) in [6.45, 7) is 3.46. The molecule has 1 saturated carbocycles. The second kappa shape index (κ2) is 9.38. The Labute approximate surface area is 169 Å². The van der Waals surface area contributed by atoms with Crippen molar-refractivity contribution in [1.29, 1.82) is 0 Å². The van der Waals surface area contributed by atoms with E-state index >= 15 is 0 Å². The second-order valence-corrected chi connectivity index (χ2v) is 8.78. The SMILES string of the molecule is C[C@H](Cl)C(=O)N(CC(=O)N(Cc1ccccc1)Cc1cccs1)CC1CC1. The van der Waals surface area contributed by atoms with Gasteiger partial charge >= 0.3 is 0 Å². The average molecular weight is 405 g/mol. The van der Waals surface area contributed by atoms with Crippen LogP contribution in [-0.4, -0.2) is 40.1 Å². The van der Waals surface area contributed by atoms with Gasteiger partial charge in [0.05, 0.1) is 13.1 Å². The summed E-state index contributed by atoms with van der Waals surface area (Å²) in [6, 6.07) is 14.0. The molecule has 2 aromatic rings. The van der Waals surface area contributed by atoms with E-state index in [1.54, 1.807) is 23.2 Å². The second-order valence-electron chi connectivity index (χ2n) is 7.09. The van der Waals surface area contributed by atoms with E-state index in [0.717, 1.165) is 23.3 Å². The lowest BCUT2D eigenvalue weighted by atomic mass is 10.2. The van der Waals surface area contributed by atoms with Crippen LogP contribution in [0.3, 0.4) is 0 Å². The third-order valence-corrected chi connectivity index (χ3v) is 5.70. The van der Waals surface area contributed by atoms with Crippen LogP contribution in [0.1, 0.15) is 30.2 Å². The van der Waals surface area contributed by atoms with E-state index in [1.165, 1.54) is 0 Å². The van der Waals surface area contributed by atoms with Crippen molar-refractivity contribution in [3.05, 3.63) is 58.3 Å². The zero-order valence-electron chi connectivity index (χ0n) is 15.5. The van der Waals surface area contributed by atoms with Gasteiger partial charge in [0.2, 0.25) is 11.8 Å². The maximum Gasteiger partial charge on any atom is 0.242 e. The number of rotatable bonds is 9. The van der Waals surface area contributed by atoms with E-state index in [2.05, 4.69) is 0 Å². The van der Waals surface area contributed by atoms with Crippen LogP contribution in [0, 0.1) is 5.92 Å². The first kappa shape index (κ1) is 19.9. The van der Waals surface area contributed by atoms with Gasteiger partial charge in [0, 0.05) is 18.0 Å². The lowest BCUT2D eigenvalue weighted by molar-refractivity contribution is -0.141. The Kier molecular flexibility index (Phi) is 6.91. The molecule has 6 heteroatoms. The number of hydrogen-bond acceptors (Lipinski definition) is 3. The summed E-state index contributed by atoms with van der Waals surface area (Å²) < 4.78 is 0. The number of amides is 2. The van der Waals surface area contributed by atoms with Crippen molar-refractivity contribution < 1.29 is 9.59 Å². The molecule has 144 valence electrons. The molecule has 0 spiro atoms. The first-order valence-corrected chi connectivity index (χ1v) is 10.6. The fourth-order valence-corrected chi connectivity index (χ4v) is 3.84. The van der Waals surface area contributed by atoms with E-state index in [9.17, 15) is 9.59 Å². The fraction of sp³-hybridized carbons (Fsp3) is 0.429. The summed E-state index contributed by atoms with van der Waals surface area (Å²) in [6.07, 6.45) is 2.25. The highest BCUT2D eigenvalue weighted by atomic mass is 35.5. The molecule has 2 amide bonds. The highest BCUT2D eigenvalue weighted by Crippen LogP contribution is 2.30. The summed E-state index contributed by atoms with van der Waals surface area (Å²) >= 11 is 7.65. The summed E-state index contributed by atoms with van der Waals surface area (Å²) in [4.78, 5) is 30.2. The van der Waals surface area contributed by atoms with Crippen LogP contribution in [0.4, 0.5) is 0 Å². The van der Waals surface area contributed by atoms with Crippen LogP contribution in [-0.2, 0) is 22.7 Å². The van der Waals surface area contributed by atoms with Crippen molar-refractivity contribution in [1.82, 2.24) is 9.80 Å². The third-order valence-electron chi connectivity index (χ3n) is 4.65. The minimum absolute atomic E-state index is 0.0430. The molecular formula is C21H25ClN2O2S. The third kappa shape index (κ3) is 6.08. The first-order valence-electron chi connectivity index (χ1n) is 9.30. The number of thiophene rings is 1. The molecule has 0 bridgehead atoms. The van der Waals surface area contributed by atoms with Gasteiger partial charge in [-0.05, 0) is 42.7 Å². The molecule has 1 atom stereocenters. The van der Waals surface area contributed by atoms with Crippen molar-refractivity contribution in [2.45, 2.75) is 38.2 Å². The summed E-state index contributed by atoms with van der Waals surface area (Å²) in [5.41, 5.74) is 1.08. The van der Waals surface area contributed by atoms with Crippen molar-refractivity contribution in [3.63, 3.8) is 0 Å². The molecule has 0 aliphatic heterocycles. The van der Waals surface area contributed by atoms with Crippen LogP contribution in [0.15, 0.2) is 47.8 Å². The maximum atomic E-state index is 13.1. The topological polar surface area (TPSA) is 40.6 Å². The van der Waals surface area contributed by atoms with Gasteiger partial charge in [-0.25, -0.2) is 0 Å². The number of carbonyl (C=O) groups is 2. The molecule has 0 unspecified atom stereocenters. The van der Waals surface area contributed by atoms with Gasteiger partial charge in [-0.15, -0.1) is 22.9 Å². The molecule has 1 heterocycles. The van der Waals surface area contributed by atoms with E-state index in [-0.39, 0.29) is 18.4 Å². The van der Waals surface area contributed by atoms with Gasteiger partial charge < -0.3 is 9.80 Å². The van der Waals surface area contributed by atoms with E-state index in [1.807, 2.05) is 52.7 Å². The predicted molar refractivity (Wildman–Crippen MR) is 110 cm³/mol. The molecule has 1 fully saturated rings. The summed E-state index contributed by atoms with van der Waals surface area (Å²) in [7, 11) is 0. The van der Waals surface area contributed by atoms with Gasteiger partial charge in [0.15, 0.2) is 0 Å². The number of alkyl halides is 1. The molecule has 0 saturated heterocycles. The number of halogens is 1.